The van der Waals surface area contributed by atoms with E-state index in [4.69, 9.17) is 13.1 Å². The summed E-state index contributed by atoms with van der Waals surface area (Å²) in [6, 6.07) is -1.75. The Morgan fingerprint density at radius 2 is 1.47 bits per heavy atom. The highest BCUT2D eigenvalue weighted by atomic mass is 16.2. The molecule has 0 radical (unpaired) electrons. The fourth-order valence-corrected chi connectivity index (χ4v) is 3.06. The van der Waals surface area contributed by atoms with E-state index in [1.165, 1.54) is 0 Å². The van der Waals surface area contributed by atoms with Crippen molar-refractivity contribution in [1.29, 1.82) is 0 Å². The molecule has 1 saturated carbocycles. The van der Waals surface area contributed by atoms with Crippen LogP contribution in [0.15, 0.2) is 0 Å². The topological polar surface area (TPSA) is 54.9 Å². The van der Waals surface area contributed by atoms with Crippen LogP contribution in [-0.2, 0) is 9.59 Å². The molecule has 0 bridgehead atoms. The van der Waals surface area contributed by atoms with Crippen molar-refractivity contribution in [3.05, 3.63) is 22.8 Å². The first-order valence-electron chi connectivity index (χ1n) is 5.73. The summed E-state index contributed by atoms with van der Waals surface area (Å²) in [6.07, 6.45) is 4.09. The summed E-state index contributed by atoms with van der Waals surface area (Å²) in [5.41, 5.74) is -0.735. The molecule has 0 aromatic heterocycles. The third-order valence-corrected chi connectivity index (χ3v) is 3.87. The van der Waals surface area contributed by atoms with E-state index in [9.17, 15) is 9.59 Å². The van der Waals surface area contributed by atoms with Crippen LogP contribution in [0.2, 0.25) is 0 Å². The van der Waals surface area contributed by atoms with Gasteiger partial charge in [-0.3, -0.25) is 14.9 Å². The number of carbonyl (C=O) groups is 2. The molecule has 1 aliphatic carbocycles. The highest BCUT2D eigenvalue weighted by molar-refractivity contribution is 6.05. The molecule has 2 unspecified atom stereocenters. The molecule has 2 amide bonds. The van der Waals surface area contributed by atoms with Gasteiger partial charge in [0.25, 0.3) is 0 Å². The number of rotatable bonds is 0. The van der Waals surface area contributed by atoms with Gasteiger partial charge in [0.1, 0.15) is 5.41 Å². The van der Waals surface area contributed by atoms with Crippen LogP contribution in [0.4, 0.5) is 0 Å². The fraction of sp³-hybridized carbons (Fsp3) is 0.667. The van der Waals surface area contributed by atoms with Gasteiger partial charge in [-0.05, 0) is 12.8 Å². The molecule has 0 aromatic rings. The summed E-state index contributed by atoms with van der Waals surface area (Å²) >= 11 is 0. The Labute approximate surface area is 99.8 Å². The first kappa shape index (κ1) is 11.6. The van der Waals surface area contributed by atoms with Crippen LogP contribution in [0.3, 0.4) is 0 Å². The minimum absolute atomic E-state index is 0.521. The average Bonchev–Trinajstić information content (AvgIpc) is 2.30. The number of piperidine rings is 1. The zero-order valence-electron chi connectivity index (χ0n) is 9.40. The number of hydrogen-bond acceptors (Lipinski definition) is 2. The van der Waals surface area contributed by atoms with Crippen LogP contribution in [0.25, 0.3) is 9.69 Å². The Bertz CT molecular complexity index is 404. The maximum Gasteiger partial charge on any atom is 0.314 e. The van der Waals surface area contributed by atoms with Crippen molar-refractivity contribution in [2.24, 2.45) is 5.41 Å². The van der Waals surface area contributed by atoms with E-state index in [1.807, 2.05) is 0 Å². The van der Waals surface area contributed by atoms with Crippen LogP contribution in [0.5, 0.6) is 0 Å². The largest absolute Gasteiger partial charge is 0.314 e. The molecule has 17 heavy (non-hydrogen) atoms. The third-order valence-electron chi connectivity index (χ3n) is 3.87. The van der Waals surface area contributed by atoms with Gasteiger partial charge in [0.05, 0.1) is 0 Å². The van der Waals surface area contributed by atoms with E-state index in [2.05, 4.69) is 15.0 Å². The standard InChI is InChI=1S/C12H13N3O2/c1-13-8-10(16)15-11(17)9(14-2)12(8)6-4-3-5-7-12/h8-9H,3-7H2,(H,15,16,17). The van der Waals surface area contributed by atoms with Gasteiger partial charge in [0.2, 0.25) is 0 Å². The lowest BCUT2D eigenvalue weighted by atomic mass is 9.62. The molecule has 0 aromatic carbocycles. The smallest absolute Gasteiger partial charge is 0.302 e. The molecule has 1 heterocycles. The molecular formula is C12H13N3O2. The summed E-state index contributed by atoms with van der Waals surface area (Å²) < 4.78 is 0. The lowest BCUT2D eigenvalue weighted by Gasteiger charge is -2.38. The van der Waals surface area contributed by atoms with Crippen molar-refractivity contribution in [3.63, 3.8) is 0 Å². The summed E-state index contributed by atoms with van der Waals surface area (Å²) in [5.74, 6) is -1.04. The van der Waals surface area contributed by atoms with Gasteiger partial charge >= 0.3 is 23.9 Å². The highest BCUT2D eigenvalue weighted by Gasteiger charge is 2.64. The first-order chi connectivity index (χ1) is 8.15. The molecule has 2 fully saturated rings. The molecule has 5 heteroatoms. The van der Waals surface area contributed by atoms with E-state index in [0.717, 1.165) is 19.3 Å². The van der Waals surface area contributed by atoms with Gasteiger partial charge in [-0.1, -0.05) is 19.3 Å². The third kappa shape index (κ3) is 1.59. The number of carbonyl (C=O) groups excluding carboxylic acids is 2. The number of amides is 2. The quantitative estimate of drug-likeness (QED) is 0.502. The second kappa shape index (κ2) is 4.18. The normalized spacial score (nSPS) is 31.4. The van der Waals surface area contributed by atoms with Gasteiger partial charge in [-0.25, -0.2) is 13.1 Å². The van der Waals surface area contributed by atoms with E-state index >= 15 is 0 Å². The summed E-state index contributed by atoms with van der Waals surface area (Å²) in [4.78, 5) is 30.2. The minimum Gasteiger partial charge on any atom is -0.302 e. The first-order valence-corrected chi connectivity index (χ1v) is 5.73. The highest BCUT2D eigenvalue weighted by Crippen LogP contribution is 2.46. The van der Waals surface area contributed by atoms with Gasteiger partial charge in [0, 0.05) is 0 Å². The summed E-state index contributed by atoms with van der Waals surface area (Å²) in [7, 11) is 0. The van der Waals surface area contributed by atoms with Gasteiger partial charge in [-0.15, -0.1) is 0 Å². The lowest BCUT2D eigenvalue weighted by molar-refractivity contribution is -0.140. The average molecular weight is 231 g/mol. The zero-order valence-corrected chi connectivity index (χ0v) is 9.40. The number of nitrogens with zero attached hydrogens (tertiary/aromatic N) is 2. The van der Waals surface area contributed by atoms with E-state index in [-0.39, 0.29) is 0 Å². The number of imide groups is 1. The van der Waals surface area contributed by atoms with Crippen LogP contribution < -0.4 is 5.32 Å². The van der Waals surface area contributed by atoms with Crippen molar-refractivity contribution >= 4 is 11.8 Å². The monoisotopic (exact) mass is 231 g/mol. The van der Waals surface area contributed by atoms with E-state index in [1.54, 1.807) is 0 Å². The van der Waals surface area contributed by atoms with Crippen LogP contribution in [-0.4, -0.2) is 23.9 Å². The zero-order chi connectivity index (χ0) is 12.5. The Hall–Kier alpha value is -1.88. The minimum atomic E-state index is -0.875. The van der Waals surface area contributed by atoms with Crippen LogP contribution >= 0.6 is 0 Å². The van der Waals surface area contributed by atoms with Crippen molar-refractivity contribution in [3.8, 4) is 0 Å². The van der Waals surface area contributed by atoms with Gasteiger partial charge in [-0.2, -0.15) is 0 Å². The molecule has 1 N–H and O–H groups in total. The SMILES string of the molecule is [C-]#[N+]C1C(=O)NC(=O)C([N+]#[C-])C12CCCCC2. The predicted molar refractivity (Wildman–Crippen MR) is 59.4 cm³/mol. The Kier molecular flexibility index (Phi) is 2.85. The molecule has 2 atom stereocenters. The van der Waals surface area contributed by atoms with Crippen molar-refractivity contribution in [2.45, 2.75) is 44.2 Å². The molecular weight excluding hydrogens is 218 g/mol. The molecule has 1 saturated heterocycles. The number of nitrogens with one attached hydrogen (secondary N) is 1. The van der Waals surface area contributed by atoms with E-state index in [0.29, 0.717) is 12.8 Å². The Balaban J connectivity index is 2.46. The summed E-state index contributed by atoms with van der Waals surface area (Å²) in [5, 5.41) is 2.15. The predicted octanol–water partition coefficient (Wildman–Crippen LogP) is 1.17. The maximum atomic E-state index is 11.7. The maximum absolute atomic E-state index is 11.7. The molecule has 88 valence electrons. The number of hydrogen-bond donors (Lipinski definition) is 1. The molecule has 1 aliphatic heterocycles. The van der Waals surface area contributed by atoms with Crippen LogP contribution in [0, 0.1) is 18.6 Å². The Morgan fingerprint density at radius 3 is 1.88 bits per heavy atom. The molecule has 5 nitrogen and oxygen atoms in total. The molecule has 2 aliphatic rings. The summed E-state index contributed by atoms with van der Waals surface area (Å²) in [6.45, 7) is 14.3. The molecule has 1 spiro atoms. The second-order valence-corrected chi connectivity index (χ2v) is 4.71. The van der Waals surface area contributed by atoms with Gasteiger partial charge in [0.15, 0.2) is 0 Å². The fourth-order valence-electron chi connectivity index (χ4n) is 3.06. The van der Waals surface area contributed by atoms with Crippen LogP contribution in [0.1, 0.15) is 32.1 Å². The Morgan fingerprint density at radius 1 is 1.00 bits per heavy atom. The van der Waals surface area contributed by atoms with E-state index < -0.39 is 29.3 Å². The van der Waals surface area contributed by atoms with Crippen molar-refractivity contribution < 1.29 is 9.59 Å². The van der Waals surface area contributed by atoms with Crippen molar-refractivity contribution in [1.82, 2.24) is 5.32 Å². The van der Waals surface area contributed by atoms with Crippen molar-refractivity contribution in [2.75, 3.05) is 0 Å². The lowest BCUT2D eigenvalue weighted by Crippen LogP contribution is -2.62. The molecule has 2 rings (SSSR count). The second-order valence-electron chi connectivity index (χ2n) is 4.71. The van der Waals surface area contributed by atoms with Gasteiger partial charge < -0.3 is 9.69 Å².